The monoisotopic (exact) mass is 385 g/mol. The van der Waals surface area contributed by atoms with Gasteiger partial charge in [0.2, 0.25) is 0 Å². The van der Waals surface area contributed by atoms with E-state index in [1.165, 1.54) is 12.4 Å². The molecular formula is C16H15F4N5O2. The average molecular weight is 385 g/mol. The largest absolute Gasteiger partial charge is 0.457 e. The minimum atomic E-state index is -4.83. The predicted molar refractivity (Wildman–Crippen MR) is 86.4 cm³/mol. The molecule has 1 atom stereocenters. The van der Waals surface area contributed by atoms with Gasteiger partial charge in [-0.3, -0.25) is 0 Å². The molecule has 7 nitrogen and oxygen atoms in total. The predicted octanol–water partition coefficient (Wildman–Crippen LogP) is 4.05. The van der Waals surface area contributed by atoms with E-state index in [1.807, 2.05) is 0 Å². The smallest absolute Gasteiger partial charge is 0.419 e. The van der Waals surface area contributed by atoms with E-state index in [-0.39, 0.29) is 24.0 Å². The first kappa shape index (κ1) is 20.2. The number of hydrogen-bond donors (Lipinski definition) is 3. The van der Waals surface area contributed by atoms with Crippen LogP contribution in [0.4, 0.5) is 23.2 Å². The van der Waals surface area contributed by atoms with Gasteiger partial charge in [-0.2, -0.15) is 18.3 Å². The van der Waals surface area contributed by atoms with Gasteiger partial charge >= 0.3 is 12.2 Å². The zero-order valence-electron chi connectivity index (χ0n) is 14.0. The van der Waals surface area contributed by atoms with Gasteiger partial charge in [-0.1, -0.05) is 0 Å². The minimum Gasteiger partial charge on any atom is -0.457 e. The van der Waals surface area contributed by atoms with E-state index < -0.39 is 23.7 Å². The molecule has 0 saturated heterocycles. The highest BCUT2D eigenvalue weighted by atomic mass is 19.4. The van der Waals surface area contributed by atoms with Crippen LogP contribution in [0.15, 0.2) is 47.6 Å². The fraction of sp³-hybridized carbons (Fsp3) is 0.250. The standard InChI is InChI=1S/C16H15F4N5O2/c1-9(26)10-5-23-15(24-6-10)27-8-12(25-21)7-22-11-2-3-14(17)13(4-11)16(18,19)20/h2-7,9,21-22,26H,8H2,1H3/b12-7-,25-21?. The van der Waals surface area contributed by atoms with Gasteiger partial charge in [0.05, 0.1) is 11.7 Å². The topological polar surface area (TPSA) is 103 Å². The normalized spacial score (nSPS) is 13.2. The fourth-order valence-electron chi connectivity index (χ4n) is 1.86. The van der Waals surface area contributed by atoms with Gasteiger partial charge in [0, 0.05) is 29.8 Å². The van der Waals surface area contributed by atoms with Gasteiger partial charge in [-0.15, -0.1) is 0 Å². The third kappa shape index (κ3) is 5.71. The summed E-state index contributed by atoms with van der Waals surface area (Å²) in [7, 11) is 0. The van der Waals surface area contributed by atoms with Crippen molar-refractivity contribution in [2.75, 3.05) is 11.9 Å². The Morgan fingerprint density at radius 2 is 2.04 bits per heavy atom. The molecule has 27 heavy (non-hydrogen) atoms. The number of aliphatic hydroxyl groups excluding tert-OH is 1. The second kappa shape index (κ2) is 8.54. The summed E-state index contributed by atoms with van der Waals surface area (Å²) in [6, 6.07) is 2.37. The molecule has 0 amide bonds. The van der Waals surface area contributed by atoms with E-state index in [0.717, 1.165) is 12.3 Å². The third-order valence-electron chi connectivity index (χ3n) is 3.30. The molecule has 1 aromatic carbocycles. The zero-order valence-corrected chi connectivity index (χ0v) is 14.0. The first-order chi connectivity index (χ1) is 12.7. The van der Waals surface area contributed by atoms with Crippen LogP contribution in [0.25, 0.3) is 0 Å². The molecule has 0 aliphatic heterocycles. The van der Waals surface area contributed by atoms with Crippen LogP contribution < -0.4 is 10.1 Å². The second-order valence-electron chi connectivity index (χ2n) is 5.35. The molecule has 0 bridgehead atoms. The quantitative estimate of drug-likeness (QED) is 0.493. The Morgan fingerprint density at radius 3 is 2.59 bits per heavy atom. The number of hydrogen-bond acceptors (Lipinski definition) is 7. The van der Waals surface area contributed by atoms with Crippen LogP contribution in [0.1, 0.15) is 24.2 Å². The highest BCUT2D eigenvalue weighted by Crippen LogP contribution is 2.33. The van der Waals surface area contributed by atoms with Crippen molar-refractivity contribution in [3.63, 3.8) is 0 Å². The maximum atomic E-state index is 13.3. The summed E-state index contributed by atoms with van der Waals surface area (Å²) < 4.78 is 56.6. The van der Waals surface area contributed by atoms with Crippen molar-refractivity contribution in [2.45, 2.75) is 19.2 Å². The zero-order chi connectivity index (χ0) is 20.0. The number of ether oxygens (including phenoxy) is 1. The lowest BCUT2D eigenvalue weighted by Crippen LogP contribution is -2.09. The molecule has 11 heteroatoms. The minimum absolute atomic E-state index is 0.0242. The molecule has 2 aromatic rings. The molecule has 1 aromatic heterocycles. The van der Waals surface area contributed by atoms with Gasteiger partial charge in [0.15, 0.2) is 0 Å². The number of benzene rings is 1. The van der Waals surface area contributed by atoms with E-state index in [1.54, 1.807) is 6.92 Å². The van der Waals surface area contributed by atoms with E-state index in [4.69, 9.17) is 10.3 Å². The number of nitrogens with zero attached hydrogens (tertiary/aromatic N) is 3. The van der Waals surface area contributed by atoms with E-state index in [9.17, 15) is 22.7 Å². The molecule has 0 radical (unpaired) electrons. The number of anilines is 1. The molecule has 0 aliphatic carbocycles. The van der Waals surface area contributed by atoms with Crippen molar-refractivity contribution in [1.82, 2.24) is 9.97 Å². The first-order valence-electron chi connectivity index (χ1n) is 7.53. The Kier molecular flexibility index (Phi) is 6.40. The number of aromatic nitrogens is 2. The fourth-order valence-corrected chi connectivity index (χ4v) is 1.86. The Bertz CT molecular complexity index is 823. The van der Waals surface area contributed by atoms with Gasteiger partial charge in [-0.25, -0.2) is 19.9 Å². The molecule has 0 fully saturated rings. The lowest BCUT2D eigenvalue weighted by Gasteiger charge is -2.10. The molecule has 2 rings (SSSR count). The number of aliphatic hydroxyl groups is 1. The summed E-state index contributed by atoms with van der Waals surface area (Å²) in [6.07, 6.45) is -1.69. The highest BCUT2D eigenvalue weighted by molar-refractivity contribution is 5.49. The van der Waals surface area contributed by atoms with Crippen LogP contribution in [0.5, 0.6) is 6.01 Å². The summed E-state index contributed by atoms with van der Waals surface area (Å²) >= 11 is 0. The Labute approximate surface area is 151 Å². The van der Waals surface area contributed by atoms with Crippen LogP contribution in [-0.4, -0.2) is 21.7 Å². The van der Waals surface area contributed by atoms with Crippen LogP contribution in [0, 0.1) is 11.3 Å². The maximum absolute atomic E-state index is 13.3. The molecule has 0 saturated carbocycles. The van der Waals surface area contributed by atoms with Gasteiger partial charge in [0.1, 0.15) is 18.1 Å². The third-order valence-corrected chi connectivity index (χ3v) is 3.30. The maximum Gasteiger partial charge on any atom is 0.419 e. The molecule has 3 N–H and O–H groups in total. The average Bonchev–Trinajstić information content (AvgIpc) is 2.62. The number of halogens is 4. The Hall–Kier alpha value is -3.08. The van der Waals surface area contributed by atoms with Crippen molar-refractivity contribution in [3.05, 3.63) is 59.4 Å². The molecule has 144 valence electrons. The van der Waals surface area contributed by atoms with Crippen molar-refractivity contribution in [2.24, 2.45) is 5.11 Å². The number of nitrogens with one attached hydrogen (secondary N) is 2. The molecular weight excluding hydrogens is 370 g/mol. The lowest BCUT2D eigenvalue weighted by atomic mass is 10.2. The molecule has 0 spiro atoms. The van der Waals surface area contributed by atoms with E-state index in [2.05, 4.69) is 20.4 Å². The second-order valence-corrected chi connectivity index (χ2v) is 5.35. The number of rotatable bonds is 7. The SMILES string of the molecule is CC(O)c1cnc(OC/C(=C/Nc2ccc(F)c(C(F)(F)F)c2)N=N)nc1. The van der Waals surface area contributed by atoms with Gasteiger partial charge in [0.25, 0.3) is 0 Å². The summed E-state index contributed by atoms with van der Waals surface area (Å²) in [5.41, 5.74) is 6.14. The van der Waals surface area contributed by atoms with E-state index >= 15 is 0 Å². The van der Waals surface area contributed by atoms with Crippen molar-refractivity contribution in [3.8, 4) is 6.01 Å². The van der Waals surface area contributed by atoms with Crippen molar-refractivity contribution >= 4 is 5.69 Å². The summed E-state index contributed by atoms with van der Waals surface area (Å²) in [6.45, 7) is 1.31. The van der Waals surface area contributed by atoms with Crippen LogP contribution in [0.2, 0.25) is 0 Å². The molecule has 1 unspecified atom stereocenters. The molecule has 1 heterocycles. The lowest BCUT2D eigenvalue weighted by molar-refractivity contribution is -0.139. The summed E-state index contributed by atoms with van der Waals surface area (Å²) in [5, 5.41) is 15.0. The first-order valence-corrected chi connectivity index (χ1v) is 7.53. The van der Waals surface area contributed by atoms with Crippen LogP contribution >= 0.6 is 0 Å². The Balaban J connectivity index is 2.03. The van der Waals surface area contributed by atoms with Gasteiger partial charge < -0.3 is 15.2 Å². The van der Waals surface area contributed by atoms with Gasteiger partial charge in [-0.05, 0) is 25.1 Å². The summed E-state index contributed by atoms with van der Waals surface area (Å²) in [4.78, 5) is 7.72. The number of alkyl halides is 3. The summed E-state index contributed by atoms with van der Waals surface area (Å²) in [5.74, 6) is -1.39. The van der Waals surface area contributed by atoms with Crippen molar-refractivity contribution in [1.29, 1.82) is 5.53 Å². The highest BCUT2D eigenvalue weighted by Gasteiger charge is 2.34. The molecule has 0 aliphatic rings. The van der Waals surface area contributed by atoms with Crippen LogP contribution in [-0.2, 0) is 6.18 Å². The Morgan fingerprint density at radius 1 is 1.37 bits per heavy atom. The van der Waals surface area contributed by atoms with Crippen molar-refractivity contribution < 1.29 is 27.4 Å². The van der Waals surface area contributed by atoms with E-state index in [0.29, 0.717) is 17.7 Å². The van der Waals surface area contributed by atoms with Crippen LogP contribution in [0.3, 0.4) is 0 Å².